The molecule has 3 heterocycles. The molecule has 3 rings (SSSR count). The first kappa shape index (κ1) is 13.0. The Hall–Kier alpha value is -2.02. The number of rotatable bonds is 1. The molecular formula is C13H13N3O3S. The summed E-state index contributed by atoms with van der Waals surface area (Å²) in [5.74, 6) is -0.209. The minimum absolute atomic E-state index is 0.211. The van der Waals surface area contributed by atoms with Crippen molar-refractivity contribution in [3.63, 3.8) is 0 Å². The van der Waals surface area contributed by atoms with E-state index in [4.69, 9.17) is 0 Å². The van der Waals surface area contributed by atoms with Gasteiger partial charge in [0.25, 0.3) is 5.56 Å². The highest BCUT2D eigenvalue weighted by Gasteiger charge is 2.28. The third-order valence-electron chi connectivity index (χ3n) is 3.45. The molecule has 0 radical (unpaired) electrons. The van der Waals surface area contributed by atoms with Gasteiger partial charge in [-0.05, 0) is 31.2 Å². The second kappa shape index (κ2) is 4.82. The summed E-state index contributed by atoms with van der Waals surface area (Å²) in [7, 11) is 0. The summed E-state index contributed by atoms with van der Waals surface area (Å²) in [5.41, 5.74) is 0.441. The number of aryl methyl sites for hydroxylation is 1. The number of thiophene rings is 1. The van der Waals surface area contributed by atoms with Crippen molar-refractivity contribution in [2.75, 3.05) is 0 Å². The van der Waals surface area contributed by atoms with E-state index in [0.29, 0.717) is 35.3 Å². The quantitative estimate of drug-likeness (QED) is 0.799. The monoisotopic (exact) mass is 291 g/mol. The molecule has 0 aliphatic carbocycles. The number of fused-ring (bicyclic) bond motifs is 1. The summed E-state index contributed by atoms with van der Waals surface area (Å²) in [4.78, 5) is 40.3. The lowest BCUT2D eigenvalue weighted by Crippen LogP contribution is -2.39. The molecule has 7 heteroatoms. The minimum atomic E-state index is -0.659. The van der Waals surface area contributed by atoms with E-state index in [1.807, 2.05) is 0 Å². The van der Waals surface area contributed by atoms with Gasteiger partial charge in [0.15, 0.2) is 0 Å². The highest BCUT2D eigenvalue weighted by molar-refractivity contribution is 7.17. The second-order valence-corrected chi connectivity index (χ2v) is 5.71. The fourth-order valence-corrected chi connectivity index (χ4v) is 3.29. The van der Waals surface area contributed by atoms with Crippen LogP contribution in [0.1, 0.15) is 31.1 Å². The molecule has 1 N–H and O–H groups in total. The van der Waals surface area contributed by atoms with Gasteiger partial charge in [-0.2, -0.15) is 0 Å². The SMILES string of the molecule is Cc1nc2ccsc2c(=O)n1C1CCCC(=O)NC1=O. The lowest BCUT2D eigenvalue weighted by molar-refractivity contribution is -0.131. The lowest BCUT2D eigenvalue weighted by atomic mass is 10.1. The maximum absolute atomic E-state index is 12.5. The molecule has 20 heavy (non-hydrogen) atoms. The topological polar surface area (TPSA) is 81.1 Å². The third kappa shape index (κ3) is 2.03. The molecule has 1 fully saturated rings. The fourth-order valence-electron chi connectivity index (χ4n) is 2.52. The Morgan fingerprint density at radius 2 is 2.20 bits per heavy atom. The normalized spacial score (nSPS) is 19.9. The second-order valence-electron chi connectivity index (χ2n) is 4.79. The van der Waals surface area contributed by atoms with Crippen LogP contribution in [0.15, 0.2) is 16.2 Å². The maximum Gasteiger partial charge on any atom is 0.272 e. The van der Waals surface area contributed by atoms with E-state index in [1.54, 1.807) is 18.4 Å². The van der Waals surface area contributed by atoms with Gasteiger partial charge in [-0.1, -0.05) is 0 Å². The third-order valence-corrected chi connectivity index (χ3v) is 4.34. The number of nitrogens with one attached hydrogen (secondary N) is 1. The van der Waals surface area contributed by atoms with E-state index < -0.39 is 11.9 Å². The van der Waals surface area contributed by atoms with Gasteiger partial charge < -0.3 is 0 Å². The Kier molecular flexibility index (Phi) is 3.13. The molecule has 1 atom stereocenters. The van der Waals surface area contributed by atoms with Gasteiger partial charge in [0, 0.05) is 6.42 Å². The van der Waals surface area contributed by atoms with E-state index in [9.17, 15) is 14.4 Å². The van der Waals surface area contributed by atoms with Crippen LogP contribution in [0.2, 0.25) is 0 Å². The number of amides is 2. The summed E-state index contributed by atoms with van der Waals surface area (Å²) in [6.45, 7) is 1.71. The summed E-state index contributed by atoms with van der Waals surface area (Å²) >= 11 is 1.31. The van der Waals surface area contributed by atoms with Crippen molar-refractivity contribution in [3.05, 3.63) is 27.6 Å². The molecule has 1 aliphatic rings. The zero-order valence-electron chi connectivity index (χ0n) is 10.9. The fraction of sp³-hybridized carbons (Fsp3) is 0.385. The molecule has 104 valence electrons. The molecule has 1 unspecified atom stereocenters. The Morgan fingerprint density at radius 3 is 3.00 bits per heavy atom. The van der Waals surface area contributed by atoms with Crippen LogP contribution in [0.5, 0.6) is 0 Å². The largest absolute Gasteiger partial charge is 0.295 e. The van der Waals surface area contributed by atoms with Crippen molar-refractivity contribution >= 4 is 33.4 Å². The zero-order valence-corrected chi connectivity index (χ0v) is 11.7. The number of hydrogen-bond acceptors (Lipinski definition) is 5. The van der Waals surface area contributed by atoms with E-state index in [0.717, 1.165) is 0 Å². The maximum atomic E-state index is 12.5. The van der Waals surface area contributed by atoms with Crippen LogP contribution < -0.4 is 10.9 Å². The van der Waals surface area contributed by atoms with Gasteiger partial charge in [-0.25, -0.2) is 4.98 Å². The molecule has 0 spiro atoms. The molecule has 0 saturated carbocycles. The van der Waals surface area contributed by atoms with Gasteiger partial charge in [0.1, 0.15) is 16.6 Å². The number of carbonyl (C=O) groups excluding carboxylic acids is 2. The average molecular weight is 291 g/mol. The first-order valence-electron chi connectivity index (χ1n) is 6.38. The highest BCUT2D eigenvalue weighted by Crippen LogP contribution is 2.21. The highest BCUT2D eigenvalue weighted by atomic mass is 32.1. The molecule has 2 aromatic heterocycles. The van der Waals surface area contributed by atoms with Crippen LogP contribution in [0, 0.1) is 6.92 Å². The minimum Gasteiger partial charge on any atom is -0.295 e. The summed E-state index contributed by atoms with van der Waals surface area (Å²) in [6, 6.07) is 1.13. The number of carbonyl (C=O) groups is 2. The predicted molar refractivity (Wildman–Crippen MR) is 74.7 cm³/mol. The smallest absolute Gasteiger partial charge is 0.272 e. The molecule has 2 aromatic rings. The van der Waals surface area contributed by atoms with Crippen LogP contribution in [-0.4, -0.2) is 21.4 Å². The van der Waals surface area contributed by atoms with Crippen molar-refractivity contribution in [3.8, 4) is 0 Å². The Balaban J connectivity index is 2.15. The van der Waals surface area contributed by atoms with Crippen molar-refractivity contribution < 1.29 is 9.59 Å². The van der Waals surface area contributed by atoms with Crippen LogP contribution in [0.4, 0.5) is 0 Å². The lowest BCUT2D eigenvalue weighted by Gasteiger charge is -2.18. The van der Waals surface area contributed by atoms with Crippen molar-refractivity contribution in [1.82, 2.24) is 14.9 Å². The first-order valence-corrected chi connectivity index (χ1v) is 7.26. The van der Waals surface area contributed by atoms with Gasteiger partial charge >= 0.3 is 0 Å². The van der Waals surface area contributed by atoms with Gasteiger partial charge in [0.2, 0.25) is 11.8 Å². The van der Waals surface area contributed by atoms with Gasteiger partial charge in [-0.3, -0.25) is 24.3 Å². The van der Waals surface area contributed by atoms with E-state index in [2.05, 4.69) is 10.3 Å². The van der Waals surface area contributed by atoms with Crippen LogP contribution in [0.3, 0.4) is 0 Å². The van der Waals surface area contributed by atoms with Crippen LogP contribution >= 0.6 is 11.3 Å². The molecule has 0 aromatic carbocycles. The Bertz CT molecular complexity index is 762. The number of aromatic nitrogens is 2. The molecule has 6 nitrogen and oxygen atoms in total. The molecule has 1 aliphatic heterocycles. The molecule has 0 bridgehead atoms. The average Bonchev–Trinajstić information content (AvgIpc) is 2.78. The van der Waals surface area contributed by atoms with Crippen molar-refractivity contribution in [1.29, 1.82) is 0 Å². The van der Waals surface area contributed by atoms with E-state index in [1.165, 1.54) is 15.9 Å². The first-order chi connectivity index (χ1) is 9.58. The summed E-state index contributed by atoms with van der Waals surface area (Å²) in [5, 5.41) is 4.13. The van der Waals surface area contributed by atoms with E-state index in [-0.39, 0.29) is 11.5 Å². The standard InChI is InChI=1S/C13H13N3O3S/c1-7-14-8-5-6-20-11(8)13(19)16(7)9-3-2-4-10(17)15-12(9)18/h5-6,9H,2-4H2,1H3,(H,15,17,18). The number of imide groups is 1. The number of hydrogen-bond donors (Lipinski definition) is 1. The predicted octanol–water partition coefficient (Wildman–Crippen LogP) is 1.13. The zero-order chi connectivity index (χ0) is 14.3. The van der Waals surface area contributed by atoms with Crippen LogP contribution in [0.25, 0.3) is 10.2 Å². The Labute approximate surface area is 118 Å². The molecular weight excluding hydrogens is 278 g/mol. The van der Waals surface area contributed by atoms with Gasteiger partial charge in [0.05, 0.1) is 5.52 Å². The summed E-state index contributed by atoms with van der Waals surface area (Å²) < 4.78 is 1.95. The van der Waals surface area contributed by atoms with Crippen molar-refractivity contribution in [2.24, 2.45) is 0 Å². The molecule has 2 amide bonds. The van der Waals surface area contributed by atoms with Gasteiger partial charge in [-0.15, -0.1) is 11.3 Å². The van der Waals surface area contributed by atoms with Crippen LogP contribution in [-0.2, 0) is 9.59 Å². The molecule has 1 saturated heterocycles. The summed E-state index contributed by atoms with van der Waals surface area (Å²) in [6.07, 6.45) is 1.36. The van der Waals surface area contributed by atoms with E-state index >= 15 is 0 Å². The Morgan fingerprint density at radius 1 is 1.40 bits per heavy atom. The number of nitrogens with zero attached hydrogens (tertiary/aromatic N) is 2. The van der Waals surface area contributed by atoms with Crippen molar-refractivity contribution in [2.45, 2.75) is 32.2 Å².